The average Bonchev–Trinajstić information content (AvgIpc) is 2.79. The standard InChI is InChI=1S/C15H21N3O2/c1-10(2)18-12-9-14-13(19-6-7-20-14)8-11(12)17-15(18)4-5-16-3/h8-10,16H,4-7H2,1-3H3. The number of nitrogens with one attached hydrogen (secondary N) is 1. The number of aromatic nitrogens is 2. The summed E-state index contributed by atoms with van der Waals surface area (Å²) in [6.07, 6.45) is 0.912. The summed E-state index contributed by atoms with van der Waals surface area (Å²) in [6, 6.07) is 4.42. The first kappa shape index (κ1) is 13.2. The van der Waals surface area contributed by atoms with Gasteiger partial charge in [0.2, 0.25) is 0 Å². The lowest BCUT2D eigenvalue weighted by molar-refractivity contribution is 0.172. The van der Waals surface area contributed by atoms with Gasteiger partial charge in [0.1, 0.15) is 19.0 Å². The summed E-state index contributed by atoms with van der Waals surface area (Å²) in [5, 5.41) is 3.18. The predicted octanol–water partition coefficient (Wildman–Crippen LogP) is 2.15. The van der Waals surface area contributed by atoms with Crippen LogP contribution in [0.1, 0.15) is 25.7 Å². The van der Waals surface area contributed by atoms with Gasteiger partial charge in [0.15, 0.2) is 11.5 Å². The van der Waals surface area contributed by atoms with Gasteiger partial charge in [0.25, 0.3) is 0 Å². The molecule has 3 rings (SSSR count). The van der Waals surface area contributed by atoms with Gasteiger partial charge < -0.3 is 19.4 Å². The van der Waals surface area contributed by atoms with Crippen molar-refractivity contribution in [1.82, 2.24) is 14.9 Å². The molecule has 0 aliphatic carbocycles. The van der Waals surface area contributed by atoms with Gasteiger partial charge in [-0.25, -0.2) is 4.98 Å². The third-order valence-corrected chi connectivity index (χ3v) is 3.54. The first-order valence-electron chi connectivity index (χ1n) is 7.15. The first-order valence-corrected chi connectivity index (χ1v) is 7.15. The molecule has 5 heteroatoms. The Balaban J connectivity index is 2.13. The van der Waals surface area contributed by atoms with Crippen LogP contribution >= 0.6 is 0 Å². The van der Waals surface area contributed by atoms with Gasteiger partial charge in [-0.05, 0) is 20.9 Å². The van der Waals surface area contributed by atoms with Crippen LogP contribution in [0.5, 0.6) is 11.5 Å². The highest BCUT2D eigenvalue weighted by atomic mass is 16.6. The van der Waals surface area contributed by atoms with Crippen LogP contribution in [0.3, 0.4) is 0 Å². The topological polar surface area (TPSA) is 48.3 Å². The maximum atomic E-state index is 5.68. The van der Waals surface area contributed by atoms with Gasteiger partial charge in [-0.1, -0.05) is 0 Å². The summed E-state index contributed by atoms with van der Waals surface area (Å²) in [6.45, 7) is 6.50. The molecule has 5 nitrogen and oxygen atoms in total. The number of hydrogen-bond acceptors (Lipinski definition) is 4. The van der Waals surface area contributed by atoms with Crippen molar-refractivity contribution < 1.29 is 9.47 Å². The monoisotopic (exact) mass is 275 g/mol. The molecular formula is C15H21N3O2. The lowest BCUT2D eigenvalue weighted by Gasteiger charge is -2.19. The smallest absolute Gasteiger partial charge is 0.163 e. The van der Waals surface area contributed by atoms with E-state index in [1.54, 1.807) is 0 Å². The van der Waals surface area contributed by atoms with E-state index in [9.17, 15) is 0 Å². The summed E-state index contributed by atoms with van der Waals surface area (Å²) in [7, 11) is 1.96. The predicted molar refractivity (Wildman–Crippen MR) is 78.7 cm³/mol. The molecule has 1 aliphatic rings. The Morgan fingerprint density at radius 1 is 1.25 bits per heavy atom. The number of imidazole rings is 1. The van der Waals surface area contributed by atoms with E-state index in [0.717, 1.165) is 41.3 Å². The Kier molecular flexibility index (Phi) is 3.53. The fourth-order valence-electron chi connectivity index (χ4n) is 2.67. The van der Waals surface area contributed by atoms with E-state index in [4.69, 9.17) is 14.5 Å². The van der Waals surface area contributed by atoms with Gasteiger partial charge in [-0.3, -0.25) is 0 Å². The van der Waals surface area contributed by atoms with Gasteiger partial charge >= 0.3 is 0 Å². The van der Waals surface area contributed by atoms with Gasteiger partial charge in [-0.2, -0.15) is 0 Å². The first-order chi connectivity index (χ1) is 9.70. The van der Waals surface area contributed by atoms with Crippen LogP contribution in [0.25, 0.3) is 11.0 Å². The average molecular weight is 275 g/mol. The third kappa shape index (κ3) is 2.22. The van der Waals surface area contributed by atoms with E-state index >= 15 is 0 Å². The van der Waals surface area contributed by atoms with E-state index in [2.05, 4.69) is 29.8 Å². The zero-order chi connectivity index (χ0) is 14.1. The zero-order valence-electron chi connectivity index (χ0n) is 12.3. The highest BCUT2D eigenvalue weighted by Gasteiger charge is 2.18. The maximum absolute atomic E-state index is 5.68. The molecular weight excluding hydrogens is 254 g/mol. The van der Waals surface area contributed by atoms with E-state index in [1.165, 1.54) is 0 Å². The molecule has 0 saturated carbocycles. The SMILES string of the molecule is CNCCc1nc2cc3c(cc2n1C(C)C)OCCO3. The molecule has 0 saturated heterocycles. The minimum atomic E-state index is 0.370. The summed E-state index contributed by atoms with van der Waals surface area (Å²) >= 11 is 0. The number of ether oxygens (including phenoxy) is 2. The molecule has 108 valence electrons. The number of nitrogens with zero attached hydrogens (tertiary/aromatic N) is 2. The normalized spacial score (nSPS) is 14.2. The number of rotatable bonds is 4. The van der Waals surface area contributed by atoms with E-state index in [1.807, 2.05) is 13.1 Å². The second kappa shape index (κ2) is 5.32. The molecule has 0 unspecified atom stereocenters. The van der Waals surface area contributed by atoms with Crippen LogP contribution in [0.15, 0.2) is 12.1 Å². The van der Waals surface area contributed by atoms with Gasteiger partial charge in [-0.15, -0.1) is 0 Å². The third-order valence-electron chi connectivity index (χ3n) is 3.54. The second-order valence-electron chi connectivity index (χ2n) is 5.33. The minimum absolute atomic E-state index is 0.370. The van der Waals surface area contributed by atoms with Crippen LogP contribution < -0.4 is 14.8 Å². The molecule has 1 aliphatic heterocycles. The molecule has 1 aromatic heterocycles. The van der Waals surface area contributed by atoms with Gasteiger partial charge in [0.05, 0.1) is 11.0 Å². The molecule has 0 radical (unpaired) electrons. The highest BCUT2D eigenvalue weighted by Crippen LogP contribution is 2.35. The van der Waals surface area contributed by atoms with Crippen molar-refractivity contribution in [1.29, 1.82) is 0 Å². The summed E-state index contributed by atoms with van der Waals surface area (Å²) < 4.78 is 13.6. The van der Waals surface area contributed by atoms with E-state index in [0.29, 0.717) is 19.3 Å². The fourth-order valence-corrected chi connectivity index (χ4v) is 2.67. The summed E-state index contributed by atoms with van der Waals surface area (Å²) in [4.78, 5) is 4.77. The molecule has 0 fully saturated rings. The van der Waals surface area contributed by atoms with Crippen molar-refractivity contribution in [3.63, 3.8) is 0 Å². The van der Waals surface area contributed by atoms with Crippen LogP contribution in [-0.2, 0) is 6.42 Å². The highest BCUT2D eigenvalue weighted by molar-refractivity contribution is 5.81. The lowest BCUT2D eigenvalue weighted by atomic mass is 10.2. The molecule has 0 spiro atoms. The van der Waals surface area contributed by atoms with Crippen molar-refractivity contribution in [2.24, 2.45) is 0 Å². The Morgan fingerprint density at radius 2 is 1.95 bits per heavy atom. The molecule has 1 aromatic carbocycles. The van der Waals surface area contributed by atoms with Crippen LogP contribution in [0, 0.1) is 0 Å². The second-order valence-corrected chi connectivity index (χ2v) is 5.33. The van der Waals surface area contributed by atoms with E-state index in [-0.39, 0.29) is 0 Å². The number of fused-ring (bicyclic) bond motifs is 2. The van der Waals surface area contributed by atoms with Crippen molar-refractivity contribution in [2.45, 2.75) is 26.3 Å². The molecule has 2 aromatic rings. The minimum Gasteiger partial charge on any atom is -0.486 e. The maximum Gasteiger partial charge on any atom is 0.163 e. The quantitative estimate of drug-likeness (QED) is 0.929. The zero-order valence-corrected chi connectivity index (χ0v) is 12.3. The number of hydrogen-bond donors (Lipinski definition) is 1. The Hall–Kier alpha value is -1.75. The Bertz CT molecular complexity index is 619. The van der Waals surface area contributed by atoms with Crippen LogP contribution in [0.2, 0.25) is 0 Å². The molecule has 0 amide bonds. The summed E-state index contributed by atoms with van der Waals surface area (Å²) in [5.41, 5.74) is 2.10. The molecule has 0 bridgehead atoms. The number of likely N-dealkylation sites (N-methyl/N-ethyl adjacent to an activating group) is 1. The van der Waals surface area contributed by atoms with E-state index < -0.39 is 0 Å². The van der Waals surface area contributed by atoms with Crippen molar-refractivity contribution >= 4 is 11.0 Å². The Morgan fingerprint density at radius 3 is 2.60 bits per heavy atom. The van der Waals surface area contributed by atoms with Crippen molar-refractivity contribution in [3.8, 4) is 11.5 Å². The summed E-state index contributed by atoms with van der Waals surface area (Å²) in [5.74, 6) is 2.73. The molecule has 0 atom stereocenters. The largest absolute Gasteiger partial charge is 0.486 e. The molecule has 20 heavy (non-hydrogen) atoms. The molecule has 2 heterocycles. The Labute approximate surface area is 118 Å². The number of benzene rings is 1. The van der Waals surface area contributed by atoms with Gasteiger partial charge in [0, 0.05) is 31.1 Å². The lowest BCUT2D eigenvalue weighted by Crippen LogP contribution is -2.16. The van der Waals surface area contributed by atoms with Crippen LogP contribution in [0.4, 0.5) is 0 Å². The van der Waals surface area contributed by atoms with Crippen LogP contribution in [-0.4, -0.2) is 36.4 Å². The molecule has 1 N–H and O–H groups in total. The fraction of sp³-hybridized carbons (Fsp3) is 0.533. The van der Waals surface area contributed by atoms with Crippen molar-refractivity contribution in [3.05, 3.63) is 18.0 Å². The van der Waals surface area contributed by atoms with Crippen molar-refractivity contribution in [2.75, 3.05) is 26.8 Å².